The van der Waals surface area contributed by atoms with Crippen LogP contribution in [0.25, 0.3) is 0 Å². The van der Waals surface area contributed by atoms with Crippen molar-refractivity contribution in [3.05, 3.63) is 22.4 Å². The molecule has 0 spiro atoms. The molecule has 1 aromatic heterocycles. The minimum absolute atomic E-state index is 0.0578. The van der Waals surface area contributed by atoms with Gasteiger partial charge in [-0.1, -0.05) is 0 Å². The zero-order valence-corrected chi connectivity index (χ0v) is 10.4. The van der Waals surface area contributed by atoms with Crippen LogP contribution in [0.15, 0.2) is 16.7 Å². The normalized spacial score (nSPS) is 15.7. The molecule has 1 heterocycles. The van der Waals surface area contributed by atoms with Crippen molar-refractivity contribution in [1.82, 2.24) is 15.0 Å². The lowest BCUT2D eigenvalue weighted by atomic mass is 10.4. The number of carbonyl (C=O) groups is 1. The van der Waals surface area contributed by atoms with Crippen LogP contribution in [0.1, 0.15) is 29.4 Å². The second kappa shape index (κ2) is 3.98. The lowest BCUT2D eigenvalue weighted by Gasteiger charge is -2.13. The summed E-state index contributed by atoms with van der Waals surface area (Å²) in [6, 6.07) is 2.37. The van der Waals surface area contributed by atoms with Crippen LogP contribution in [0, 0.1) is 0 Å². The van der Waals surface area contributed by atoms with Gasteiger partial charge in [-0.3, -0.25) is 10.2 Å². The van der Waals surface area contributed by atoms with Crippen molar-refractivity contribution in [3.63, 3.8) is 0 Å². The number of halogens is 1. The summed E-state index contributed by atoms with van der Waals surface area (Å²) < 4.78 is 3.00. The number of nitrogens with one attached hydrogen (secondary N) is 1. The van der Waals surface area contributed by atoms with Crippen LogP contribution in [-0.4, -0.2) is 29.6 Å². The summed E-state index contributed by atoms with van der Waals surface area (Å²) in [6.07, 6.45) is 4.31. The molecule has 1 amide bonds. The molecule has 2 rings (SSSR count). The Balaban J connectivity index is 2.22. The van der Waals surface area contributed by atoms with Gasteiger partial charge in [-0.15, -0.1) is 0 Å². The highest BCUT2D eigenvalue weighted by atomic mass is 79.9. The lowest BCUT2D eigenvalue weighted by Crippen LogP contribution is -2.37. The summed E-state index contributed by atoms with van der Waals surface area (Å²) in [5.74, 6) is -0.0578. The van der Waals surface area contributed by atoms with Crippen LogP contribution < -0.4 is 5.43 Å². The van der Waals surface area contributed by atoms with Gasteiger partial charge >= 0.3 is 0 Å². The van der Waals surface area contributed by atoms with Crippen LogP contribution in [0.4, 0.5) is 0 Å². The molecule has 0 saturated heterocycles. The third-order valence-corrected chi connectivity index (χ3v) is 2.75. The van der Waals surface area contributed by atoms with Crippen LogP contribution >= 0.6 is 15.9 Å². The second-order valence-electron chi connectivity index (χ2n) is 4.02. The lowest BCUT2D eigenvalue weighted by molar-refractivity contribution is 0.0847. The average molecular weight is 272 g/mol. The number of nitrogens with zero attached hydrogens (tertiary/aromatic N) is 2. The maximum atomic E-state index is 11.8. The highest BCUT2D eigenvalue weighted by molar-refractivity contribution is 9.10. The van der Waals surface area contributed by atoms with Crippen LogP contribution in [0.3, 0.4) is 0 Å². The Morgan fingerprint density at radius 2 is 2.27 bits per heavy atom. The van der Waals surface area contributed by atoms with Gasteiger partial charge in [0.15, 0.2) is 0 Å². The number of aromatic nitrogens is 1. The SMILES string of the molecule is CN(C)NC(=O)c1cc(Br)cn1C1CC1. The Morgan fingerprint density at radius 1 is 1.60 bits per heavy atom. The first kappa shape index (κ1) is 10.7. The Bertz CT molecular complexity index is 382. The third-order valence-electron chi connectivity index (χ3n) is 2.31. The summed E-state index contributed by atoms with van der Waals surface area (Å²) in [5.41, 5.74) is 3.47. The number of hydrogen-bond donors (Lipinski definition) is 1. The van der Waals surface area contributed by atoms with Crippen LogP contribution in [0.5, 0.6) is 0 Å². The van der Waals surface area contributed by atoms with Gasteiger partial charge in [-0.25, -0.2) is 5.01 Å². The molecule has 0 bridgehead atoms. The van der Waals surface area contributed by atoms with Crippen molar-refractivity contribution in [2.24, 2.45) is 0 Å². The van der Waals surface area contributed by atoms with E-state index in [0.29, 0.717) is 6.04 Å². The number of carbonyl (C=O) groups excluding carboxylic acids is 1. The zero-order chi connectivity index (χ0) is 11.0. The Kier molecular flexibility index (Phi) is 2.84. The summed E-state index contributed by atoms with van der Waals surface area (Å²) in [5, 5.41) is 1.65. The first-order valence-electron chi connectivity index (χ1n) is 4.93. The topological polar surface area (TPSA) is 37.3 Å². The predicted octanol–water partition coefficient (Wildman–Crippen LogP) is 1.79. The molecule has 1 saturated carbocycles. The average Bonchev–Trinajstić information content (AvgIpc) is 2.88. The van der Waals surface area contributed by atoms with Crippen molar-refractivity contribution in [1.29, 1.82) is 0 Å². The fourth-order valence-corrected chi connectivity index (χ4v) is 1.98. The summed E-state index contributed by atoms with van der Waals surface area (Å²) >= 11 is 3.40. The van der Waals surface area contributed by atoms with E-state index in [9.17, 15) is 4.79 Å². The maximum Gasteiger partial charge on any atom is 0.282 e. The smallest absolute Gasteiger partial charge is 0.282 e. The van der Waals surface area contributed by atoms with Crippen molar-refractivity contribution >= 4 is 21.8 Å². The van der Waals surface area contributed by atoms with E-state index in [-0.39, 0.29) is 5.91 Å². The number of amides is 1. The van der Waals surface area contributed by atoms with Gasteiger partial charge in [0.25, 0.3) is 5.91 Å². The molecule has 1 aromatic rings. The van der Waals surface area contributed by atoms with E-state index in [2.05, 4.69) is 21.4 Å². The van der Waals surface area contributed by atoms with Gasteiger partial charge in [0, 0.05) is 30.8 Å². The van der Waals surface area contributed by atoms with Crippen molar-refractivity contribution in [3.8, 4) is 0 Å². The van der Waals surface area contributed by atoms with E-state index in [1.54, 1.807) is 19.1 Å². The minimum Gasteiger partial charge on any atom is -0.339 e. The van der Waals surface area contributed by atoms with E-state index in [1.165, 1.54) is 12.8 Å². The molecule has 4 nitrogen and oxygen atoms in total. The molecule has 1 fully saturated rings. The molecular formula is C10H14BrN3O. The van der Waals surface area contributed by atoms with Gasteiger partial charge in [-0.2, -0.15) is 0 Å². The molecule has 0 radical (unpaired) electrons. The van der Waals surface area contributed by atoms with Crippen molar-refractivity contribution in [2.75, 3.05) is 14.1 Å². The highest BCUT2D eigenvalue weighted by Crippen LogP contribution is 2.37. The van der Waals surface area contributed by atoms with E-state index < -0.39 is 0 Å². The Morgan fingerprint density at radius 3 is 2.80 bits per heavy atom. The second-order valence-corrected chi connectivity index (χ2v) is 4.93. The molecule has 1 aliphatic rings. The molecule has 0 unspecified atom stereocenters. The van der Waals surface area contributed by atoms with Gasteiger partial charge in [0.05, 0.1) is 0 Å². The molecule has 15 heavy (non-hydrogen) atoms. The fourth-order valence-electron chi connectivity index (χ4n) is 1.54. The predicted molar refractivity (Wildman–Crippen MR) is 61.6 cm³/mol. The monoisotopic (exact) mass is 271 g/mol. The summed E-state index contributed by atoms with van der Waals surface area (Å²) in [6.45, 7) is 0. The fraction of sp³-hybridized carbons (Fsp3) is 0.500. The molecule has 82 valence electrons. The molecule has 0 aromatic carbocycles. The Hall–Kier alpha value is -0.810. The van der Waals surface area contributed by atoms with E-state index in [1.807, 2.05) is 16.8 Å². The van der Waals surface area contributed by atoms with E-state index >= 15 is 0 Å². The van der Waals surface area contributed by atoms with Crippen molar-refractivity contribution < 1.29 is 4.79 Å². The first-order valence-corrected chi connectivity index (χ1v) is 5.73. The number of rotatable bonds is 3. The summed E-state index contributed by atoms with van der Waals surface area (Å²) in [7, 11) is 3.61. The molecular weight excluding hydrogens is 258 g/mol. The molecule has 0 aliphatic heterocycles. The molecule has 1 aliphatic carbocycles. The highest BCUT2D eigenvalue weighted by Gasteiger charge is 2.27. The van der Waals surface area contributed by atoms with E-state index in [4.69, 9.17) is 0 Å². The minimum atomic E-state index is -0.0578. The number of hydrazine groups is 1. The molecule has 0 atom stereocenters. The number of hydrogen-bond acceptors (Lipinski definition) is 2. The quantitative estimate of drug-likeness (QED) is 0.852. The zero-order valence-electron chi connectivity index (χ0n) is 8.83. The van der Waals surface area contributed by atoms with Gasteiger partial charge in [0.2, 0.25) is 0 Å². The maximum absolute atomic E-state index is 11.8. The molecule has 5 heteroatoms. The molecule has 1 N–H and O–H groups in total. The largest absolute Gasteiger partial charge is 0.339 e. The first-order chi connectivity index (χ1) is 7.08. The summed E-state index contributed by atoms with van der Waals surface area (Å²) in [4.78, 5) is 11.8. The van der Waals surface area contributed by atoms with Gasteiger partial charge in [0.1, 0.15) is 5.69 Å². The van der Waals surface area contributed by atoms with Crippen molar-refractivity contribution in [2.45, 2.75) is 18.9 Å². The Labute approximate surface area is 97.3 Å². The van der Waals surface area contributed by atoms with Gasteiger partial charge in [-0.05, 0) is 34.8 Å². The third kappa shape index (κ3) is 2.41. The van der Waals surface area contributed by atoms with Crippen LogP contribution in [-0.2, 0) is 0 Å². The van der Waals surface area contributed by atoms with Crippen LogP contribution in [0.2, 0.25) is 0 Å². The van der Waals surface area contributed by atoms with E-state index in [0.717, 1.165) is 10.2 Å². The standard InChI is InChI=1S/C10H14BrN3O/c1-13(2)12-10(15)9-5-7(11)6-14(9)8-3-4-8/h5-6,8H,3-4H2,1-2H3,(H,12,15). The van der Waals surface area contributed by atoms with Gasteiger partial charge < -0.3 is 4.57 Å².